The van der Waals surface area contributed by atoms with Crippen LogP contribution in [0.3, 0.4) is 0 Å². The normalized spacial score (nSPS) is 12.1. The molecule has 2 heteroatoms. The van der Waals surface area contributed by atoms with Crippen molar-refractivity contribution in [3.8, 4) is 0 Å². The quantitative estimate of drug-likeness (QED) is 0.604. The van der Waals surface area contributed by atoms with Crippen molar-refractivity contribution in [3.63, 3.8) is 0 Å². The SMILES string of the molecule is CC.CC1=CC=C=c2cccnc2=N1. The number of pyridine rings is 1. The van der Waals surface area contributed by atoms with Gasteiger partial charge >= 0.3 is 0 Å². The third-order valence-corrected chi connectivity index (χ3v) is 1.63. The Kier molecular flexibility index (Phi) is 3.84. The van der Waals surface area contributed by atoms with Crippen LogP contribution in [0.1, 0.15) is 20.8 Å². The van der Waals surface area contributed by atoms with Gasteiger partial charge in [-0.1, -0.05) is 13.8 Å². The first-order chi connectivity index (χ1) is 6.86. The molecule has 0 spiro atoms. The van der Waals surface area contributed by atoms with E-state index in [-0.39, 0.29) is 0 Å². The minimum Gasteiger partial charge on any atom is -0.236 e. The smallest absolute Gasteiger partial charge is 0.167 e. The number of hydrogen-bond acceptors (Lipinski definition) is 2. The van der Waals surface area contributed by atoms with E-state index in [0.717, 1.165) is 16.4 Å². The van der Waals surface area contributed by atoms with Gasteiger partial charge in [0.15, 0.2) is 5.49 Å². The van der Waals surface area contributed by atoms with Crippen molar-refractivity contribution in [1.82, 2.24) is 4.98 Å². The summed E-state index contributed by atoms with van der Waals surface area (Å²) in [6, 6.07) is 3.84. The molecule has 0 bridgehead atoms. The third kappa shape index (κ3) is 2.41. The Hall–Kier alpha value is -1.66. The number of rotatable bonds is 0. The predicted molar refractivity (Wildman–Crippen MR) is 58.1 cm³/mol. The highest BCUT2D eigenvalue weighted by Gasteiger charge is 1.89. The van der Waals surface area contributed by atoms with Gasteiger partial charge in [-0.05, 0) is 31.2 Å². The second kappa shape index (κ2) is 5.15. The minimum absolute atomic E-state index is 0.750. The van der Waals surface area contributed by atoms with Crippen LogP contribution in [0.15, 0.2) is 41.2 Å². The van der Waals surface area contributed by atoms with E-state index in [0.29, 0.717) is 0 Å². The fourth-order valence-corrected chi connectivity index (χ4v) is 1.06. The first-order valence-electron chi connectivity index (χ1n) is 4.80. The third-order valence-electron chi connectivity index (χ3n) is 1.63. The molecule has 0 atom stereocenters. The second-order valence-corrected chi connectivity index (χ2v) is 2.61. The molecule has 0 saturated carbocycles. The molecule has 14 heavy (non-hydrogen) atoms. The lowest BCUT2D eigenvalue weighted by Gasteiger charge is -1.86. The van der Waals surface area contributed by atoms with Gasteiger partial charge in [0.05, 0.1) is 5.22 Å². The average Bonchev–Trinajstić information content (AvgIpc) is 2.41. The van der Waals surface area contributed by atoms with Crippen molar-refractivity contribution >= 4 is 5.73 Å². The summed E-state index contributed by atoms with van der Waals surface area (Å²) in [4.78, 5) is 8.44. The Balaban J connectivity index is 0.000000461. The van der Waals surface area contributed by atoms with Crippen LogP contribution >= 0.6 is 0 Å². The number of fused-ring (bicyclic) bond motifs is 1. The van der Waals surface area contributed by atoms with Crippen LogP contribution in [-0.4, -0.2) is 4.98 Å². The summed E-state index contributed by atoms with van der Waals surface area (Å²) in [6.07, 6.45) is 5.52. The molecule has 0 saturated heterocycles. The topological polar surface area (TPSA) is 25.2 Å². The lowest BCUT2D eigenvalue weighted by atomic mass is 10.4. The van der Waals surface area contributed by atoms with Crippen LogP contribution in [-0.2, 0) is 0 Å². The van der Waals surface area contributed by atoms with Crippen LogP contribution in [0.4, 0.5) is 0 Å². The van der Waals surface area contributed by atoms with Gasteiger partial charge in [-0.25, -0.2) is 9.98 Å². The highest BCUT2D eigenvalue weighted by atomic mass is 14.8. The van der Waals surface area contributed by atoms with E-state index >= 15 is 0 Å². The van der Waals surface area contributed by atoms with Crippen molar-refractivity contribution in [2.24, 2.45) is 4.99 Å². The van der Waals surface area contributed by atoms with E-state index in [1.807, 2.05) is 45.1 Å². The van der Waals surface area contributed by atoms with Gasteiger partial charge in [0.25, 0.3) is 0 Å². The summed E-state index contributed by atoms with van der Waals surface area (Å²) in [5.41, 5.74) is 4.81. The first-order valence-corrected chi connectivity index (χ1v) is 4.80. The van der Waals surface area contributed by atoms with Crippen molar-refractivity contribution in [2.75, 3.05) is 0 Å². The Labute approximate surface area is 84.0 Å². The summed E-state index contributed by atoms with van der Waals surface area (Å²) < 4.78 is 0. The molecule has 0 unspecified atom stereocenters. The maximum atomic E-state index is 4.30. The highest BCUT2D eigenvalue weighted by molar-refractivity contribution is 5.28. The van der Waals surface area contributed by atoms with Gasteiger partial charge in [-0.2, -0.15) is 0 Å². The van der Waals surface area contributed by atoms with Gasteiger partial charge in [0.1, 0.15) is 0 Å². The zero-order valence-electron chi connectivity index (χ0n) is 8.78. The molecule has 1 aliphatic rings. The molecule has 72 valence electrons. The van der Waals surface area contributed by atoms with Crippen LogP contribution < -0.4 is 10.7 Å². The highest BCUT2D eigenvalue weighted by Crippen LogP contribution is 1.92. The van der Waals surface area contributed by atoms with Gasteiger partial charge in [0.2, 0.25) is 0 Å². The molecule has 2 heterocycles. The molecule has 0 aromatic carbocycles. The lowest BCUT2D eigenvalue weighted by Crippen LogP contribution is -2.26. The van der Waals surface area contributed by atoms with Crippen LogP contribution in [0.2, 0.25) is 0 Å². The van der Waals surface area contributed by atoms with Crippen molar-refractivity contribution in [3.05, 3.63) is 46.9 Å². The molecule has 0 fully saturated rings. The number of hydrogen-bond donors (Lipinski definition) is 0. The van der Waals surface area contributed by atoms with E-state index in [9.17, 15) is 0 Å². The zero-order chi connectivity index (χ0) is 10.4. The molecule has 1 aromatic rings. The lowest BCUT2D eigenvalue weighted by molar-refractivity contribution is 1.08. The number of aromatic nitrogens is 1. The molecule has 0 amide bonds. The van der Waals surface area contributed by atoms with E-state index in [4.69, 9.17) is 0 Å². The predicted octanol–water partition coefficient (Wildman–Crippen LogP) is 1.58. The Morgan fingerprint density at radius 2 is 2.07 bits per heavy atom. The summed E-state index contributed by atoms with van der Waals surface area (Å²) in [5, 5.41) is 0.950. The molecule has 0 radical (unpaired) electrons. The molecule has 0 N–H and O–H groups in total. The van der Waals surface area contributed by atoms with Gasteiger partial charge in [-0.15, -0.1) is 5.73 Å². The molecule has 1 aromatic heterocycles. The maximum absolute atomic E-state index is 4.30. The summed E-state index contributed by atoms with van der Waals surface area (Å²) in [7, 11) is 0. The van der Waals surface area contributed by atoms with Crippen molar-refractivity contribution < 1.29 is 0 Å². The van der Waals surface area contributed by atoms with Gasteiger partial charge < -0.3 is 0 Å². The van der Waals surface area contributed by atoms with Crippen molar-refractivity contribution in [2.45, 2.75) is 20.8 Å². The van der Waals surface area contributed by atoms with Crippen LogP contribution in [0.5, 0.6) is 0 Å². The number of allylic oxidation sites excluding steroid dienone is 3. The molecular weight excluding hydrogens is 172 g/mol. The van der Waals surface area contributed by atoms with E-state index in [1.54, 1.807) is 6.20 Å². The second-order valence-electron chi connectivity index (χ2n) is 2.61. The standard InChI is InChI=1S/C10H8N2.C2H6/c1-8-4-2-5-9-6-3-7-11-10(9)12-8;1-2/h2-4,6-7H,1H3;1-2H3. The Morgan fingerprint density at radius 3 is 2.86 bits per heavy atom. The van der Waals surface area contributed by atoms with E-state index < -0.39 is 0 Å². The van der Waals surface area contributed by atoms with E-state index in [1.165, 1.54) is 0 Å². The molecule has 0 aliphatic carbocycles. The molecule has 1 aliphatic heterocycles. The zero-order valence-corrected chi connectivity index (χ0v) is 8.78. The van der Waals surface area contributed by atoms with Gasteiger partial charge in [-0.3, -0.25) is 0 Å². The van der Waals surface area contributed by atoms with Crippen LogP contribution in [0, 0.1) is 0 Å². The van der Waals surface area contributed by atoms with Gasteiger partial charge in [0, 0.05) is 11.9 Å². The average molecular weight is 186 g/mol. The summed E-state index contributed by atoms with van der Waals surface area (Å²) in [5.74, 6) is 0. The largest absolute Gasteiger partial charge is 0.236 e. The Morgan fingerprint density at radius 1 is 1.29 bits per heavy atom. The van der Waals surface area contributed by atoms with E-state index in [2.05, 4.69) is 15.7 Å². The summed E-state index contributed by atoms with van der Waals surface area (Å²) >= 11 is 0. The first kappa shape index (κ1) is 10.4. The minimum atomic E-state index is 0.750. The monoisotopic (exact) mass is 186 g/mol. The molecule has 2 rings (SSSR count). The fraction of sp³-hybridized carbons (Fsp3) is 0.250. The Bertz CT molecular complexity index is 477. The fourth-order valence-electron chi connectivity index (χ4n) is 1.06. The maximum Gasteiger partial charge on any atom is 0.167 e. The summed E-state index contributed by atoms with van der Waals surface area (Å²) in [6.45, 7) is 5.95. The number of nitrogens with zero attached hydrogens (tertiary/aromatic N) is 2. The molecular formula is C12H14N2. The molecule has 2 nitrogen and oxygen atoms in total. The van der Waals surface area contributed by atoms with Crippen LogP contribution in [0.25, 0.3) is 5.73 Å². The van der Waals surface area contributed by atoms with Crippen molar-refractivity contribution in [1.29, 1.82) is 0 Å².